The number of aromatic nitrogens is 1. The van der Waals surface area contributed by atoms with E-state index in [9.17, 15) is 0 Å². The minimum absolute atomic E-state index is 0.121. The summed E-state index contributed by atoms with van der Waals surface area (Å²) in [6.45, 7) is 8.64. The number of rotatable bonds is 11. The minimum Gasteiger partial charge on any atom is -0.490 e. The monoisotopic (exact) mass is 534 g/mol. The molecule has 0 spiro atoms. The summed E-state index contributed by atoms with van der Waals surface area (Å²) in [5.74, 6) is 1.37. The van der Waals surface area contributed by atoms with Crippen LogP contribution in [0.3, 0.4) is 0 Å². The summed E-state index contributed by atoms with van der Waals surface area (Å²) in [7, 11) is 0. The first-order valence-corrected chi connectivity index (χ1v) is 11.6. The van der Waals surface area contributed by atoms with Gasteiger partial charge in [-0.25, -0.2) is 4.98 Å². The fourth-order valence-corrected chi connectivity index (χ4v) is 3.01. The molecular formula is C23H26Cl4N2O4. The first kappa shape index (κ1) is 27.4. The van der Waals surface area contributed by atoms with Crippen LogP contribution in [-0.2, 0) is 4.84 Å². The van der Waals surface area contributed by atoms with Crippen LogP contribution in [0.15, 0.2) is 46.2 Å². The van der Waals surface area contributed by atoms with Gasteiger partial charge >= 0.3 is 0 Å². The Morgan fingerprint density at radius 2 is 1.70 bits per heavy atom. The van der Waals surface area contributed by atoms with Crippen LogP contribution < -0.4 is 14.2 Å². The van der Waals surface area contributed by atoms with Gasteiger partial charge in [0.05, 0.1) is 29.0 Å². The van der Waals surface area contributed by atoms with Crippen molar-refractivity contribution in [2.45, 2.75) is 39.7 Å². The van der Waals surface area contributed by atoms with Gasteiger partial charge in [-0.3, -0.25) is 0 Å². The van der Waals surface area contributed by atoms with Crippen molar-refractivity contribution >= 4 is 52.1 Å². The van der Waals surface area contributed by atoms with Crippen LogP contribution in [0.1, 0.15) is 39.7 Å². The third-order valence-corrected chi connectivity index (χ3v) is 4.73. The second-order valence-corrected chi connectivity index (χ2v) is 9.66. The van der Waals surface area contributed by atoms with E-state index in [0.717, 1.165) is 11.3 Å². The lowest BCUT2D eigenvalue weighted by molar-refractivity contribution is 0.000949. The maximum Gasteiger partial charge on any atom is 0.213 e. The highest BCUT2D eigenvalue weighted by atomic mass is 35.5. The van der Waals surface area contributed by atoms with Gasteiger partial charge in [0.25, 0.3) is 0 Å². The molecule has 6 nitrogen and oxygen atoms in total. The van der Waals surface area contributed by atoms with Gasteiger partial charge in [-0.2, -0.15) is 0 Å². The van der Waals surface area contributed by atoms with E-state index in [2.05, 4.69) is 10.1 Å². The number of nitrogens with zero attached hydrogens (tertiary/aromatic N) is 2. The highest BCUT2D eigenvalue weighted by Gasteiger charge is 2.12. The lowest BCUT2D eigenvalue weighted by atomic mass is 10.2. The fourth-order valence-electron chi connectivity index (χ4n) is 2.31. The van der Waals surface area contributed by atoms with Gasteiger partial charge in [-0.15, -0.1) is 0 Å². The average Bonchev–Trinajstić information content (AvgIpc) is 2.73. The predicted octanol–water partition coefficient (Wildman–Crippen LogP) is 7.47. The molecule has 0 aliphatic rings. The zero-order chi connectivity index (χ0) is 24.4. The van der Waals surface area contributed by atoms with E-state index in [4.69, 9.17) is 65.5 Å². The molecule has 0 N–H and O–H groups in total. The van der Waals surface area contributed by atoms with Crippen molar-refractivity contribution in [3.63, 3.8) is 0 Å². The number of hydrogen-bond donors (Lipinski definition) is 0. The molecule has 0 saturated heterocycles. The van der Waals surface area contributed by atoms with Crippen LogP contribution in [-0.4, -0.2) is 36.1 Å². The van der Waals surface area contributed by atoms with Crippen LogP contribution in [0.4, 0.5) is 0 Å². The maximum absolute atomic E-state index is 6.26. The summed E-state index contributed by atoms with van der Waals surface area (Å²) < 4.78 is 17.0. The average molecular weight is 536 g/mol. The standard InChI is InChI=1S/C23H26Cl4N2O4/c1-15(29-33-23(2,3)4)16-6-7-21(28-14-16)31-9-5-10-32-22-18(24)12-17(13-19(22)25)30-11-8-20(26)27/h6-8,12-14H,5,9-11H2,1-4H3. The number of hydrogen-bond acceptors (Lipinski definition) is 6. The molecule has 0 saturated carbocycles. The first-order chi connectivity index (χ1) is 15.5. The molecule has 0 fully saturated rings. The van der Waals surface area contributed by atoms with Crippen molar-refractivity contribution in [2.75, 3.05) is 19.8 Å². The van der Waals surface area contributed by atoms with E-state index in [-0.39, 0.29) is 16.7 Å². The Bertz CT molecular complexity index is 946. The van der Waals surface area contributed by atoms with Crippen LogP contribution in [0.5, 0.6) is 17.4 Å². The largest absolute Gasteiger partial charge is 0.490 e. The molecule has 2 rings (SSSR count). The molecule has 0 aliphatic heterocycles. The summed E-state index contributed by atoms with van der Waals surface area (Å²) in [4.78, 5) is 9.73. The number of oxime groups is 1. The third kappa shape index (κ3) is 10.3. The molecule has 0 unspecified atom stereocenters. The van der Waals surface area contributed by atoms with Gasteiger partial charge in [0, 0.05) is 36.4 Å². The minimum atomic E-state index is -0.347. The first-order valence-electron chi connectivity index (χ1n) is 10.1. The third-order valence-electron chi connectivity index (χ3n) is 3.86. The normalized spacial score (nSPS) is 11.7. The Balaban J connectivity index is 1.78. The van der Waals surface area contributed by atoms with E-state index in [0.29, 0.717) is 47.1 Å². The smallest absolute Gasteiger partial charge is 0.213 e. The van der Waals surface area contributed by atoms with Crippen molar-refractivity contribution < 1.29 is 19.0 Å². The second-order valence-electron chi connectivity index (χ2n) is 7.84. The zero-order valence-corrected chi connectivity index (χ0v) is 21.9. The van der Waals surface area contributed by atoms with Crippen molar-refractivity contribution in [2.24, 2.45) is 5.16 Å². The van der Waals surface area contributed by atoms with Crippen LogP contribution >= 0.6 is 46.4 Å². The van der Waals surface area contributed by atoms with Crippen molar-refractivity contribution in [3.05, 3.63) is 56.6 Å². The van der Waals surface area contributed by atoms with E-state index in [1.54, 1.807) is 24.4 Å². The molecule has 0 radical (unpaired) electrons. The van der Waals surface area contributed by atoms with Crippen LogP contribution in [0.2, 0.25) is 10.0 Å². The molecule has 0 aliphatic carbocycles. The van der Waals surface area contributed by atoms with Crippen LogP contribution in [0, 0.1) is 0 Å². The van der Waals surface area contributed by atoms with E-state index in [1.807, 2.05) is 33.8 Å². The van der Waals surface area contributed by atoms with Gasteiger partial charge < -0.3 is 19.0 Å². The Morgan fingerprint density at radius 1 is 1.03 bits per heavy atom. The Labute approximate surface area is 214 Å². The van der Waals surface area contributed by atoms with Crippen molar-refractivity contribution in [3.8, 4) is 17.4 Å². The van der Waals surface area contributed by atoms with Crippen molar-refractivity contribution in [1.29, 1.82) is 0 Å². The van der Waals surface area contributed by atoms with Crippen LogP contribution in [0.25, 0.3) is 0 Å². The van der Waals surface area contributed by atoms with Crippen molar-refractivity contribution in [1.82, 2.24) is 4.98 Å². The molecule has 0 amide bonds. The molecule has 1 aromatic heterocycles. The SMILES string of the molecule is CC(=NOC(C)(C)C)c1ccc(OCCCOc2c(Cl)cc(OCC=C(Cl)Cl)cc2Cl)nc1. The summed E-state index contributed by atoms with van der Waals surface area (Å²) in [6.07, 6.45) is 3.80. The topological polar surface area (TPSA) is 62.2 Å². The molecule has 1 aromatic carbocycles. The molecule has 180 valence electrons. The maximum atomic E-state index is 6.26. The number of ether oxygens (including phenoxy) is 3. The lowest BCUT2D eigenvalue weighted by Gasteiger charge is -2.16. The Hall–Kier alpha value is -1.86. The van der Waals surface area contributed by atoms with E-state index >= 15 is 0 Å². The van der Waals surface area contributed by atoms with E-state index in [1.165, 1.54) is 6.08 Å². The number of halogens is 4. The van der Waals surface area contributed by atoms with Gasteiger partial charge in [0.2, 0.25) is 5.88 Å². The van der Waals surface area contributed by atoms with Gasteiger partial charge in [-0.1, -0.05) is 51.6 Å². The highest BCUT2D eigenvalue weighted by Crippen LogP contribution is 2.37. The summed E-state index contributed by atoms with van der Waals surface area (Å²) in [5.41, 5.74) is 1.25. The molecule has 10 heteroatoms. The molecule has 0 bridgehead atoms. The van der Waals surface area contributed by atoms with Gasteiger partial charge in [0.15, 0.2) is 5.75 Å². The summed E-state index contributed by atoms with van der Waals surface area (Å²) in [5, 5.41) is 4.80. The summed E-state index contributed by atoms with van der Waals surface area (Å²) >= 11 is 23.6. The summed E-state index contributed by atoms with van der Waals surface area (Å²) in [6, 6.07) is 6.88. The fraction of sp³-hybridized carbons (Fsp3) is 0.391. The lowest BCUT2D eigenvalue weighted by Crippen LogP contribution is -2.16. The van der Waals surface area contributed by atoms with Gasteiger partial charge in [0.1, 0.15) is 22.4 Å². The molecular weight excluding hydrogens is 510 g/mol. The quantitative estimate of drug-likeness (QED) is 0.169. The predicted molar refractivity (Wildman–Crippen MR) is 135 cm³/mol. The van der Waals surface area contributed by atoms with Gasteiger partial charge in [-0.05, 0) is 39.8 Å². The Morgan fingerprint density at radius 3 is 2.27 bits per heavy atom. The highest BCUT2D eigenvalue weighted by molar-refractivity contribution is 6.55. The Kier molecular flexibility index (Phi) is 10.9. The van der Waals surface area contributed by atoms with E-state index < -0.39 is 0 Å². The zero-order valence-electron chi connectivity index (χ0n) is 18.8. The number of benzene rings is 1. The second kappa shape index (κ2) is 13.1. The molecule has 2 aromatic rings. The molecule has 1 heterocycles. The molecule has 33 heavy (non-hydrogen) atoms. The molecule has 0 atom stereocenters. The number of pyridine rings is 1.